The second-order valence-electron chi connectivity index (χ2n) is 6.00. The predicted molar refractivity (Wildman–Crippen MR) is 95.4 cm³/mol. The molecule has 0 amide bonds. The highest BCUT2D eigenvalue weighted by Gasteiger charge is 2.30. The summed E-state index contributed by atoms with van der Waals surface area (Å²) < 4.78 is 9.96. The summed E-state index contributed by atoms with van der Waals surface area (Å²) >= 11 is 6.35. The summed E-state index contributed by atoms with van der Waals surface area (Å²) in [6.45, 7) is 1.99. The molecule has 1 fully saturated rings. The number of halogens is 1. The third-order valence-corrected chi connectivity index (χ3v) is 4.52. The van der Waals surface area contributed by atoms with E-state index in [0.29, 0.717) is 11.6 Å². The number of nitrogens with one attached hydrogen (secondary N) is 1. The number of nitrogens with zero attached hydrogens (tertiary/aromatic N) is 2. The topological polar surface area (TPSA) is 73.3 Å². The number of rotatable bonds is 6. The van der Waals surface area contributed by atoms with Crippen LogP contribution in [0.25, 0.3) is 0 Å². The highest BCUT2D eigenvalue weighted by atomic mass is 35.5. The smallest absolute Gasteiger partial charge is 0.358 e. The summed E-state index contributed by atoms with van der Waals surface area (Å²) in [4.78, 5) is 20.8. The number of ether oxygens (including phenoxy) is 2. The molecule has 0 bridgehead atoms. The first-order valence-corrected chi connectivity index (χ1v) is 8.47. The van der Waals surface area contributed by atoms with Crippen LogP contribution in [-0.2, 0) is 4.74 Å². The Morgan fingerprint density at radius 3 is 2.48 bits per heavy atom. The molecule has 1 atom stereocenters. The van der Waals surface area contributed by atoms with Gasteiger partial charge in [0.25, 0.3) is 0 Å². The van der Waals surface area contributed by atoms with Gasteiger partial charge in [-0.3, -0.25) is 0 Å². The van der Waals surface area contributed by atoms with Gasteiger partial charge in [0.1, 0.15) is 22.4 Å². The summed E-state index contributed by atoms with van der Waals surface area (Å²) in [7, 11) is 2.94. The lowest BCUT2D eigenvalue weighted by Gasteiger charge is -2.18. The second kappa shape index (κ2) is 7.27. The van der Waals surface area contributed by atoms with Crippen molar-refractivity contribution in [2.45, 2.75) is 31.7 Å². The van der Waals surface area contributed by atoms with Crippen LogP contribution in [0.3, 0.4) is 0 Å². The van der Waals surface area contributed by atoms with Crippen molar-refractivity contribution in [3.8, 4) is 5.75 Å². The molecule has 3 rings (SSSR count). The molecule has 0 aliphatic heterocycles. The molecule has 1 aromatic heterocycles. The molecule has 0 unspecified atom stereocenters. The molecule has 0 spiro atoms. The zero-order chi connectivity index (χ0) is 18.0. The number of benzene rings is 1. The largest absolute Gasteiger partial charge is 0.497 e. The Labute approximate surface area is 151 Å². The van der Waals surface area contributed by atoms with E-state index in [-0.39, 0.29) is 22.7 Å². The van der Waals surface area contributed by atoms with Gasteiger partial charge in [0.15, 0.2) is 5.69 Å². The van der Waals surface area contributed by atoms with Crippen molar-refractivity contribution < 1.29 is 14.3 Å². The predicted octanol–water partition coefficient (Wildman–Crippen LogP) is 3.98. The molecule has 1 saturated carbocycles. The van der Waals surface area contributed by atoms with Crippen LogP contribution >= 0.6 is 11.6 Å². The lowest BCUT2D eigenvalue weighted by Crippen LogP contribution is -2.14. The van der Waals surface area contributed by atoms with Gasteiger partial charge in [0.2, 0.25) is 0 Å². The highest BCUT2D eigenvalue weighted by molar-refractivity contribution is 6.35. The molecule has 1 aliphatic carbocycles. The quantitative estimate of drug-likeness (QED) is 0.784. The first kappa shape index (κ1) is 17.5. The Balaban J connectivity index is 1.89. The van der Waals surface area contributed by atoms with E-state index in [1.165, 1.54) is 7.11 Å². The summed E-state index contributed by atoms with van der Waals surface area (Å²) in [5.41, 5.74) is 1.15. The van der Waals surface area contributed by atoms with Crippen LogP contribution in [-0.4, -0.2) is 30.2 Å². The van der Waals surface area contributed by atoms with Gasteiger partial charge in [-0.1, -0.05) is 23.7 Å². The van der Waals surface area contributed by atoms with E-state index in [2.05, 4.69) is 15.3 Å². The van der Waals surface area contributed by atoms with Gasteiger partial charge in [-0.05, 0) is 37.5 Å². The number of hydrogen-bond acceptors (Lipinski definition) is 6. The molecule has 1 aliphatic rings. The maximum absolute atomic E-state index is 12.0. The zero-order valence-electron chi connectivity index (χ0n) is 14.4. The van der Waals surface area contributed by atoms with Crippen LogP contribution in [0, 0.1) is 0 Å². The van der Waals surface area contributed by atoms with Crippen molar-refractivity contribution in [3.63, 3.8) is 0 Å². The lowest BCUT2D eigenvalue weighted by atomic mass is 10.1. The molecule has 132 valence electrons. The van der Waals surface area contributed by atoms with Crippen molar-refractivity contribution >= 4 is 23.4 Å². The molecule has 0 saturated heterocycles. The number of carbonyl (C=O) groups excluding carboxylic acids is 1. The maximum Gasteiger partial charge on any atom is 0.358 e. The Morgan fingerprint density at radius 1 is 1.24 bits per heavy atom. The van der Waals surface area contributed by atoms with Crippen LogP contribution in [0.2, 0.25) is 5.02 Å². The highest BCUT2D eigenvalue weighted by Crippen LogP contribution is 2.40. The van der Waals surface area contributed by atoms with Gasteiger partial charge < -0.3 is 14.8 Å². The number of anilines is 1. The number of aromatic nitrogens is 2. The van der Waals surface area contributed by atoms with Gasteiger partial charge in [0, 0.05) is 12.0 Å². The van der Waals surface area contributed by atoms with Gasteiger partial charge >= 0.3 is 5.97 Å². The SMILES string of the molecule is COC(=O)c1nc(C2CC2)nc(N[C@@H](C)c2ccc(OC)cc2)c1Cl. The summed E-state index contributed by atoms with van der Waals surface area (Å²) in [5, 5.41) is 3.45. The van der Waals surface area contributed by atoms with Crippen molar-refractivity contribution in [3.05, 3.63) is 46.4 Å². The molecule has 1 N–H and O–H groups in total. The fourth-order valence-corrected chi connectivity index (χ4v) is 2.71. The fourth-order valence-electron chi connectivity index (χ4n) is 2.50. The van der Waals surface area contributed by atoms with Crippen LogP contribution in [0.5, 0.6) is 5.75 Å². The first-order chi connectivity index (χ1) is 12.0. The fraction of sp³-hybridized carbons (Fsp3) is 0.389. The van der Waals surface area contributed by atoms with E-state index in [9.17, 15) is 4.79 Å². The van der Waals surface area contributed by atoms with Gasteiger partial charge in [-0.2, -0.15) is 0 Å². The van der Waals surface area contributed by atoms with Crippen LogP contribution in [0.1, 0.15) is 53.6 Å². The van der Waals surface area contributed by atoms with Crippen molar-refractivity contribution in [2.24, 2.45) is 0 Å². The molecule has 25 heavy (non-hydrogen) atoms. The minimum Gasteiger partial charge on any atom is -0.497 e. The van der Waals surface area contributed by atoms with Crippen LogP contribution in [0.15, 0.2) is 24.3 Å². The standard InChI is InChI=1S/C18H20ClN3O3/c1-10(11-6-8-13(24-2)9-7-11)20-17-14(19)15(18(23)25-3)21-16(22-17)12-4-5-12/h6-10,12H,4-5H2,1-3H3,(H,20,21,22)/t10-/m0/s1. The lowest BCUT2D eigenvalue weighted by molar-refractivity contribution is 0.0593. The van der Waals surface area contributed by atoms with E-state index in [0.717, 1.165) is 24.2 Å². The molecular weight excluding hydrogens is 342 g/mol. The number of methoxy groups -OCH3 is 2. The average molecular weight is 362 g/mol. The zero-order valence-corrected chi connectivity index (χ0v) is 15.1. The average Bonchev–Trinajstić information content (AvgIpc) is 3.48. The number of esters is 1. The Morgan fingerprint density at radius 2 is 1.92 bits per heavy atom. The van der Waals surface area contributed by atoms with Gasteiger partial charge in [-0.15, -0.1) is 0 Å². The van der Waals surface area contributed by atoms with Gasteiger partial charge in [-0.25, -0.2) is 14.8 Å². The Kier molecular flexibility index (Phi) is 5.08. The monoisotopic (exact) mass is 361 g/mol. The third-order valence-electron chi connectivity index (χ3n) is 4.16. The first-order valence-electron chi connectivity index (χ1n) is 8.09. The van der Waals surface area contributed by atoms with Crippen molar-refractivity contribution in [1.29, 1.82) is 0 Å². The van der Waals surface area contributed by atoms with E-state index in [1.54, 1.807) is 7.11 Å². The third kappa shape index (κ3) is 3.85. The molecule has 0 radical (unpaired) electrons. The second-order valence-corrected chi connectivity index (χ2v) is 6.38. The Bertz CT molecular complexity index is 776. The van der Waals surface area contributed by atoms with Crippen molar-refractivity contribution in [2.75, 3.05) is 19.5 Å². The molecular formula is C18H20ClN3O3. The molecule has 7 heteroatoms. The minimum absolute atomic E-state index is 0.0594. The molecule has 6 nitrogen and oxygen atoms in total. The van der Waals surface area contributed by atoms with E-state index < -0.39 is 5.97 Å². The molecule has 2 aromatic rings. The maximum atomic E-state index is 12.0. The van der Waals surface area contributed by atoms with E-state index in [1.807, 2.05) is 31.2 Å². The Hall–Kier alpha value is -2.34. The summed E-state index contributed by atoms with van der Waals surface area (Å²) in [5.74, 6) is 1.60. The normalized spacial score (nSPS) is 14.7. The van der Waals surface area contributed by atoms with Gasteiger partial charge in [0.05, 0.1) is 14.2 Å². The van der Waals surface area contributed by atoms with Crippen LogP contribution < -0.4 is 10.1 Å². The molecule has 1 heterocycles. The van der Waals surface area contributed by atoms with E-state index >= 15 is 0 Å². The van der Waals surface area contributed by atoms with Crippen LogP contribution in [0.4, 0.5) is 5.82 Å². The number of carbonyl (C=O) groups is 1. The van der Waals surface area contributed by atoms with Crippen molar-refractivity contribution in [1.82, 2.24) is 9.97 Å². The van der Waals surface area contributed by atoms with E-state index in [4.69, 9.17) is 21.1 Å². The number of hydrogen-bond donors (Lipinski definition) is 1. The summed E-state index contributed by atoms with van der Waals surface area (Å²) in [6, 6.07) is 7.66. The molecule has 1 aromatic carbocycles. The summed E-state index contributed by atoms with van der Waals surface area (Å²) in [6.07, 6.45) is 2.05. The minimum atomic E-state index is -0.561.